The van der Waals surface area contributed by atoms with Gasteiger partial charge in [-0.3, -0.25) is 14.4 Å². The highest BCUT2D eigenvalue weighted by atomic mass is 16.6. The first-order chi connectivity index (χ1) is 30.0. The molecule has 0 amide bonds. The molecule has 0 aromatic rings. The molecule has 6 nitrogen and oxygen atoms in total. The number of carbonyl (C=O) groups excluding carboxylic acids is 3. The van der Waals surface area contributed by atoms with Crippen LogP contribution in [0.3, 0.4) is 0 Å². The Morgan fingerprint density at radius 3 is 1.00 bits per heavy atom. The molecule has 0 aliphatic heterocycles. The first-order valence-electron chi connectivity index (χ1n) is 25.1. The highest BCUT2D eigenvalue weighted by Crippen LogP contribution is 2.13. The van der Waals surface area contributed by atoms with Crippen LogP contribution in [0.1, 0.15) is 226 Å². The fourth-order valence-electron chi connectivity index (χ4n) is 6.66. The lowest BCUT2D eigenvalue weighted by atomic mass is 10.1. The van der Waals surface area contributed by atoms with Crippen LogP contribution in [-0.2, 0) is 28.6 Å². The maximum atomic E-state index is 12.6. The molecule has 0 aromatic heterocycles. The Bertz CT molecular complexity index is 1200. The Morgan fingerprint density at radius 1 is 0.344 bits per heavy atom. The van der Waals surface area contributed by atoms with Crippen molar-refractivity contribution in [1.82, 2.24) is 0 Å². The van der Waals surface area contributed by atoms with E-state index in [2.05, 4.69) is 106 Å². The van der Waals surface area contributed by atoms with Crippen molar-refractivity contribution in [2.75, 3.05) is 13.2 Å². The zero-order valence-electron chi connectivity index (χ0n) is 39.7. The summed E-state index contributed by atoms with van der Waals surface area (Å²) in [6.45, 7) is 6.41. The van der Waals surface area contributed by atoms with Crippen LogP contribution >= 0.6 is 0 Å². The van der Waals surface area contributed by atoms with Crippen molar-refractivity contribution in [3.63, 3.8) is 0 Å². The van der Waals surface area contributed by atoms with E-state index < -0.39 is 6.10 Å². The molecule has 0 radical (unpaired) electrons. The Labute approximate surface area is 375 Å². The van der Waals surface area contributed by atoms with Crippen molar-refractivity contribution in [3.05, 3.63) is 85.1 Å². The predicted octanol–water partition coefficient (Wildman–Crippen LogP) is 16.4. The summed E-state index contributed by atoms with van der Waals surface area (Å²) < 4.78 is 16.6. The first kappa shape index (κ1) is 57.6. The van der Waals surface area contributed by atoms with Gasteiger partial charge in [-0.25, -0.2) is 0 Å². The number of esters is 3. The van der Waals surface area contributed by atoms with Gasteiger partial charge in [0, 0.05) is 19.3 Å². The van der Waals surface area contributed by atoms with E-state index in [9.17, 15) is 14.4 Å². The molecule has 6 heteroatoms. The van der Waals surface area contributed by atoms with E-state index in [-0.39, 0.29) is 31.1 Å². The minimum atomic E-state index is -0.773. The molecule has 0 aliphatic carbocycles. The van der Waals surface area contributed by atoms with Crippen LogP contribution in [-0.4, -0.2) is 37.2 Å². The average molecular weight is 849 g/mol. The SMILES string of the molecule is CC/C=C\C/C=C\C/C=C\C/C=C\C/C=C\C/C=C\C/C=C\CCCCCCCCCC(=O)OCC(COC(=O)CCCCCCCCC)OC(=O)CCCCCCCCC. The first-order valence-corrected chi connectivity index (χ1v) is 25.1. The molecule has 0 aromatic carbocycles. The third-order valence-electron chi connectivity index (χ3n) is 10.4. The monoisotopic (exact) mass is 849 g/mol. The molecule has 1 atom stereocenters. The molecule has 0 saturated carbocycles. The molecular formula is C55H92O6. The summed E-state index contributed by atoms with van der Waals surface area (Å²) in [4.78, 5) is 37.5. The molecule has 0 aliphatic rings. The predicted molar refractivity (Wildman–Crippen MR) is 261 cm³/mol. The van der Waals surface area contributed by atoms with E-state index in [1.807, 2.05) is 0 Å². The Hall–Kier alpha value is -3.41. The Kier molecular flexibility index (Phi) is 46.5. The molecule has 61 heavy (non-hydrogen) atoms. The Morgan fingerprint density at radius 2 is 0.639 bits per heavy atom. The van der Waals surface area contributed by atoms with E-state index in [1.165, 1.54) is 77.0 Å². The lowest BCUT2D eigenvalue weighted by molar-refractivity contribution is -0.167. The number of allylic oxidation sites excluding steroid dienone is 14. The van der Waals surface area contributed by atoms with Crippen molar-refractivity contribution < 1.29 is 28.6 Å². The molecule has 0 heterocycles. The van der Waals surface area contributed by atoms with Gasteiger partial charge in [0.05, 0.1) is 0 Å². The number of rotatable bonds is 44. The summed E-state index contributed by atoms with van der Waals surface area (Å²) in [7, 11) is 0. The summed E-state index contributed by atoms with van der Waals surface area (Å²) in [6.07, 6.45) is 63.2. The topological polar surface area (TPSA) is 78.9 Å². The van der Waals surface area contributed by atoms with Gasteiger partial charge in [0.1, 0.15) is 13.2 Å². The van der Waals surface area contributed by atoms with Gasteiger partial charge in [-0.05, 0) is 77.0 Å². The fraction of sp³-hybridized carbons (Fsp3) is 0.691. The van der Waals surface area contributed by atoms with Gasteiger partial charge in [-0.2, -0.15) is 0 Å². The van der Waals surface area contributed by atoms with Crippen molar-refractivity contribution in [3.8, 4) is 0 Å². The van der Waals surface area contributed by atoms with Crippen molar-refractivity contribution in [2.24, 2.45) is 0 Å². The second kappa shape index (κ2) is 49.2. The quantitative estimate of drug-likeness (QED) is 0.0263. The van der Waals surface area contributed by atoms with Gasteiger partial charge in [0.15, 0.2) is 6.10 Å². The lowest BCUT2D eigenvalue weighted by Gasteiger charge is -2.18. The van der Waals surface area contributed by atoms with Crippen molar-refractivity contribution in [2.45, 2.75) is 232 Å². The second-order valence-corrected chi connectivity index (χ2v) is 16.4. The zero-order chi connectivity index (χ0) is 44.4. The molecule has 1 unspecified atom stereocenters. The number of carbonyl (C=O) groups is 3. The molecule has 0 saturated heterocycles. The second-order valence-electron chi connectivity index (χ2n) is 16.4. The number of unbranched alkanes of at least 4 members (excludes halogenated alkanes) is 19. The smallest absolute Gasteiger partial charge is 0.306 e. The molecule has 0 bridgehead atoms. The number of hydrogen-bond donors (Lipinski definition) is 0. The third-order valence-corrected chi connectivity index (χ3v) is 10.4. The molecule has 0 fully saturated rings. The summed E-state index contributed by atoms with van der Waals surface area (Å²) >= 11 is 0. The average Bonchev–Trinajstić information content (AvgIpc) is 3.26. The fourth-order valence-corrected chi connectivity index (χ4v) is 6.66. The zero-order valence-corrected chi connectivity index (χ0v) is 39.7. The van der Waals surface area contributed by atoms with Crippen LogP contribution in [0, 0.1) is 0 Å². The summed E-state index contributed by atoms with van der Waals surface area (Å²) in [5.74, 6) is -0.908. The van der Waals surface area contributed by atoms with Gasteiger partial charge < -0.3 is 14.2 Å². The maximum absolute atomic E-state index is 12.6. The van der Waals surface area contributed by atoms with Crippen molar-refractivity contribution in [1.29, 1.82) is 0 Å². The van der Waals surface area contributed by atoms with Crippen LogP contribution in [0.25, 0.3) is 0 Å². The Balaban J connectivity index is 4.07. The molecule has 0 N–H and O–H groups in total. The van der Waals surface area contributed by atoms with Gasteiger partial charge in [-0.1, -0.05) is 215 Å². The molecule has 348 valence electrons. The summed E-state index contributed by atoms with van der Waals surface area (Å²) in [6, 6.07) is 0. The van der Waals surface area contributed by atoms with Crippen LogP contribution in [0.2, 0.25) is 0 Å². The lowest BCUT2D eigenvalue weighted by Crippen LogP contribution is -2.30. The van der Waals surface area contributed by atoms with Crippen LogP contribution in [0.5, 0.6) is 0 Å². The number of ether oxygens (including phenoxy) is 3. The standard InChI is InChI=1S/C55H92O6/c1-4-7-10-13-16-17-18-19-20-21-22-23-24-25-26-27-28-29-30-31-32-33-34-35-36-37-40-42-45-48-54(57)60-51-52(61-55(58)49-46-43-39-15-12-9-6-3)50-59-53(56)47-44-41-38-14-11-8-5-2/h7,10,16-17,19-20,22-23,25-26,28-29,31-32,52H,4-6,8-9,11-15,18,21,24,27,30,33-51H2,1-3H3/b10-7-,17-16-,20-19-,23-22-,26-25-,29-28-,32-31-. The minimum Gasteiger partial charge on any atom is -0.462 e. The number of hydrogen-bond acceptors (Lipinski definition) is 6. The highest BCUT2D eigenvalue weighted by Gasteiger charge is 2.19. The minimum absolute atomic E-state index is 0.0787. The largest absolute Gasteiger partial charge is 0.462 e. The van der Waals surface area contributed by atoms with Gasteiger partial charge in [-0.15, -0.1) is 0 Å². The maximum Gasteiger partial charge on any atom is 0.306 e. The normalized spacial score (nSPS) is 12.8. The molecule has 0 rings (SSSR count). The van der Waals surface area contributed by atoms with E-state index in [4.69, 9.17) is 14.2 Å². The third kappa shape index (κ3) is 47.5. The summed E-state index contributed by atoms with van der Waals surface area (Å²) in [5, 5.41) is 0. The van der Waals surface area contributed by atoms with Crippen molar-refractivity contribution >= 4 is 17.9 Å². The molecular weight excluding hydrogens is 757 g/mol. The highest BCUT2D eigenvalue weighted by molar-refractivity contribution is 5.71. The van der Waals surface area contributed by atoms with Crippen LogP contribution in [0.15, 0.2) is 85.1 Å². The van der Waals surface area contributed by atoms with Crippen LogP contribution < -0.4 is 0 Å². The van der Waals surface area contributed by atoms with Gasteiger partial charge >= 0.3 is 17.9 Å². The van der Waals surface area contributed by atoms with Crippen LogP contribution in [0.4, 0.5) is 0 Å². The van der Waals surface area contributed by atoms with E-state index in [0.29, 0.717) is 19.3 Å². The van der Waals surface area contributed by atoms with E-state index >= 15 is 0 Å². The van der Waals surface area contributed by atoms with E-state index in [0.717, 1.165) is 109 Å². The van der Waals surface area contributed by atoms with Gasteiger partial charge in [0.2, 0.25) is 0 Å². The molecule has 0 spiro atoms. The summed E-state index contributed by atoms with van der Waals surface area (Å²) in [5.41, 5.74) is 0. The van der Waals surface area contributed by atoms with E-state index in [1.54, 1.807) is 0 Å². The van der Waals surface area contributed by atoms with Gasteiger partial charge in [0.25, 0.3) is 0 Å².